The predicted molar refractivity (Wildman–Crippen MR) is 113 cm³/mol. The van der Waals surface area contributed by atoms with Gasteiger partial charge in [0.25, 0.3) is 0 Å². The van der Waals surface area contributed by atoms with Crippen molar-refractivity contribution in [3.63, 3.8) is 0 Å². The summed E-state index contributed by atoms with van der Waals surface area (Å²) >= 11 is 0. The Labute approximate surface area is 171 Å². The largest absolute Gasteiger partial charge is 0.493 e. The average molecular weight is 393 g/mol. The zero-order chi connectivity index (χ0) is 20.5. The van der Waals surface area contributed by atoms with E-state index in [2.05, 4.69) is 0 Å². The highest BCUT2D eigenvalue weighted by molar-refractivity contribution is 5.85. The van der Waals surface area contributed by atoms with Gasteiger partial charge in [0.1, 0.15) is 11.8 Å². The molecule has 1 saturated heterocycles. The Hall–Kier alpha value is -3.08. The first-order chi connectivity index (χ1) is 14.2. The lowest BCUT2D eigenvalue weighted by molar-refractivity contribution is -0.151. The van der Waals surface area contributed by atoms with Crippen LogP contribution in [0.15, 0.2) is 54.6 Å². The van der Waals surface area contributed by atoms with Crippen molar-refractivity contribution in [2.75, 3.05) is 20.3 Å². The molecule has 0 spiro atoms. The van der Waals surface area contributed by atoms with Gasteiger partial charge in [-0.3, -0.25) is 4.79 Å². The van der Waals surface area contributed by atoms with Gasteiger partial charge in [-0.25, -0.2) is 4.79 Å². The first kappa shape index (κ1) is 20.6. The van der Waals surface area contributed by atoms with Gasteiger partial charge >= 0.3 is 5.97 Å². The van der Waals surface area contributed by atoms with Gasteiger partial charge in [0.05, 0.1) is 13.7 Å². The van der Waals surface area contributed by atoms with Crippen LogP contribution in [-0.2, 0) is 14.3 Å². The van der Waals surface area contributed by atoms with E-state index in [-0.39, 0.29) is 11.9 Å². The van der Waals surface area contributed by atoms with Crippen LogP contribution in [0, 0.1) is 0 Å². The van der Waals surface area contributed by atoms with Crippen LogP contribution in [0.4, 0.5) is 0 Å². The van der Waals surface area contributed by atoms with E-state index in [1.165, 1.54) is 7.11 Å². The third-order valence-corrected chi connectivity index (χ3v) is 5.01. The number of hydrogen-bond donors (Lipinski definition) is 0. The van der Waals surface area contributed by atoms with E-state index in [9.17, 15) is 9.59 Å². The molecule has 1 heterocycles. The van der Waals surface area contributed by atoms with Crippen molar-refractivity contribution in [2.24, 2.45) is 0 Å². The second-order valence-electron chi connectivity index (χ2n) is 7.00. The number of likely N-dealkylation sites (tertiary alicyclic amines) is 1. The summed E-state index contributed by atoms with van der Waals surface area (Å²) in [5, 5.41) is 0. The van der Waals surface area contributed by atoms with Gasteiger partial charge in [-0.05, 0) is 30.9 Å². The Morgan fingerprint density at radius 3 is 2.62 bits per heavy atom. The lowest BCUT2D eigenvalue weighted by atomic mass is 10.1. The molecule has 0 saturated carbocycles. The lowest BCUT2D eigenvalue weighted by Crippen LogP contribution is -2.41. The first-order valence-electron chi connectivity index (χ1n) is 10.0. The summed E-state index contributed by atoms with van der Waals surface area (Å²) in [6.07, 6.45) is 6.54. The molecular formula is C24H27NO4. The van der Waals surface area contributed by atoms with Crippen molar-refractivity contribution in [3.8, 4) is 5.75 Å². The fraction of sp³-hybridized carbons (Fsp3) is 0.333. The Bertz CT molecular complexity index is 847. The summed E-state index contributed by atoms with van der Waals surface area (Å²) < 4.78 is 10.7. The van der Waals surface area contributed by atoms with Gasteiger partial charge in [0.2, 0.25) is 5.91 Å². The number of rotatable bonds is 8. The van der Waals surface area contributed by atoms with Gasteiger partial charge in [0.15, 0.2) is 0 Å². The normalized spacial score (nSPS) is 16.2. The van der Waals surface area contributed by atoms with Crippen LogP contribution in [0.5, 0.6) is 5.75 Å². The summed E-state index contributed by atoms with van der Waals surface area (Å²) in [7, 11) is 1.36. The molecule has 0 radical (unpaired) electrons. The van der Waals surface area contributed by atoms with E-state index in [4.69, 9.17) is 9.47 Å². The van der Waals surface area contributed by atoms with Crippen LogP contribution in [0.1, 0.15) is 36.8 Å². The van der Waals surface area contributed by atoms with E-state index in [1.807, 2.05) is 66.7 Å². The lowest BCUT2D eigenvalue weighted by Gasteiger charge is -2.22. The number of hydrogen-bond acceptors (Lipinski definition) is 4. The Morgan fingerprint density at radius 1 is 1.07 bits per heavy atom. The van der Waals surface area contributed by atoms with Gasteiger partial charge < -0.3 is 14.4 Å². The fourth-order valence-corrected chi connectivity index (χ4v) is 3.50. The molecule has 29 heavy (non-hydrogen) atoms. The number of methoxy groups -OCH3 is 1. The molecule has 0 aromatic heterocycles. The second kappa shape index (κ2) is 10.5. The first-order valence-corrected chi connectivity index (χ1v) is 10.0. The summed E-state index contributed by atoms with van der Waals surface area (Å²) in [4.78, 5) is 25.9. The maximum Gasteiger partial charge on any atom is 0.328 e. The summed E-state index contributed by atoms with van der Waals surface area (Å²) in [5.41, 5.74) is 2.12. The SMILES string of the molecule is COC(=O)[C@@H]1CCCN1C(=O)CCCOc1ccccc1/C=C/c1ccccc1. The molecular weight excluding hydrogens is 366 g/mol. The molecule has 0 bridgehead atoms. The molecule has 2 aromatic rings. The van der Waals surface area contributed by atoms with Crippen LogP contribution in [0.25, 0.3) is 12.2 Å². The molecule has 1 atom stereocenters. The number of para-hydroxylation sites is 1. The highest BCUT2D eigenvalue weighted by Crippen LogP contribution is 2.22. The molecule has 0 unspecified atom stereocenters. The Kier molecular flexibility index (Phi) is 7.45. The minimum absolute atomic E-state index is 0.0150. The summed E-state index contributed by atoms with van der Waals surface area (Å²) in [6.45, 7) is 1.06. The van der Waals surface area contributed by atoms with E-state index in [0.717, 1.165) is 23.3 Å². The van der Waals surface area contributed by atoms with Crippen LogP contribution < -0.4 is 4.74 Å². The number of benzene rings is 2. The maximum absolute atomic E-state index is 12.5. The summed E-state index contributed by atoms with van der Waals surface area (Å²) in [6, 6.07) is 17.5. The van der Waals surface area contributed by atoms with Gasteiger partial charge in [-0.1, -0.05) is 60.7 Å². The smallest absolute Gasteiger partial charge is 0.328 e. The van der Waals surface area contributed by atoms with Crippen LogP contribution in [-0.4, -0.2) is 43.1 Å². The number of amides is 1. The van der Waals surface area contributed by atoms with Gasteiger partial charge in [0, 0.05) is 18.5 Å². The quantitative estimate of drug-likeness (QED) is 0.384. The minimum atomic E-state index is -0.433. The van der Waals surface area contributed by atoms with E-state index in [1.54, 1.807) is 4.90 Å². The monoisotopic (exact) mass is 393 g/mol. The number of ether oxygens (including phenoxy) is 2. The molecule has 3 rings (SSSR count). The van der Waals surface area contributed by atoms with E-state index < -0.39 is 6.04 Å². The van der Waals surface area contributed by atoms with Crippen molar-refractivity contribution in [3.05, 3.63) is 65.7 Å². The van der Waals surface area contributed by atoms with Gasteiger partial charge in [-0.15, -0.1) is 0 Å². The third kappa shape index (κ3) is 5.70. The third-order valence-electron chi connectivity index (χ3n) is 5.01. The number of esters is 1. The highest BCUT2D eigenvalue weighted by Gasteiger charge is 2.34. The van der Waals surface area contributed by atoms with E-state index >= 15 is 0 Å². The molecule has 1 aliphatic heterocycles. The molecule has 1 amide bonds. The van der Waals surface area contributed by atoms with Crippen molar-refractivity contribution in [2.45, 2.75) is 31.7 Å². The Balaban J connectivity index is 1.50. The molecule has 5 heteroatoms. The number of carbonyl (C=O) groups excluding carboxylic acids is 2. The summed E-state index contributed by atoms with van der Waals surface area (Å²) in [5.74, 6) is 0.450. The van der Waals surface area contributed by atoms with Crippen molar-refractivity contribution in [1.82, 2.24) is 4.90 Å². The molecule has 1 aliphatic rings. The number of carbonyl (C=O) groups is 2. The molecule has 5 nitrogen and oxygen atoms in total. The Morgan fingerprint density at radius 2 is 1.83 bits per heavy atom. The van der Waals surface area contributed by atoms with Crippen LogP contribution in [0.3, 0.4) is 0 Å². The number of nitrogens with zero attached hydrogens (tertiary/aromatic N) is 1. The zero-order valence-electron chi connectivity index (χ0n) is 16.8. The molecule has 0 N–H and O–H groups in total. The minimum Gasteiger partial charge on any atom is -0.493 e. The van der Waals surface area contributed by atoms with Crippen molar-refractivity contribution >= 4 is 24.0 Å². The van der Waals surface area contributed by atoms with Crippen molar-refractivity contribution < 1.29 is 19.1 Å². The molecule has 0 aliphatic carbocycles. The fourth-order valence-electron chi connectivity index (χ4n) is 3.50. The standard InChI is InChI=1S/C24H27NO4/c1-28-24(27)21-12-7-17-25(21)23(26)14-8-18-29-22-13-6-5-11-20(22)16-15-19-9-3-2-4-10-19/h2-6,9-11,13,15-16,21H,7-8,12,14,17-18H2,1H3/b16-15+/t21-/m0/s1. The predicted octanol–water partition coefficient (Wildman–Crippen LogP) is 4.18. The molecule has 152 valence electrons. The topological polar surface area (TPSA) is 55.8 Å². The van der Waals surface area contributed by atoms with E-state index in [0.29, 0.717) is 32.4 Å². The van der Waals surface area contributed by atoms with Crippen LogP contribution in [0.2, 0.25) is 0 Å². The zero-order valence-corrected chi connectivity index (χ0v) is 16.8. The molecule has 2 aromatic carbocycles. The highest BCUT2D eigenvalue weighted by atomic mass is 16.5. The maximum atomic E-state index is 12.5. The average Bonchev–Trinajstić information content (AvgIpc) is 3.26. The van der Waals surface area contributed by atoms with Gasteiger partial charge in [-0.2, -0.15) is 0 Å². The second-order valence-corrected chi connectivity index (χ2v) is 7.00. The van der Waals surface area contributed by atoms with Crippen molar-refractivity contribution in [1.29, 1.82) is 0 Å². The van der Waals surface area contributed by atoms with Crippen LogP contribution >= 0.6 is 0 Å². The molecule has 1 fully saturated rings.